The monoisotopic (exact) mass is 649 g/mol. The summed E-state index contributed by atoms with van der Waals surface area (Å²) in [6.45, 7) is 0. The summed E-state index contributed by atoms with van der Waals surface area (Å²) < 4.78 is 6.61. The number of nitrogens with zero attached hydrogens (tertiary/aromatic N) is 3. The Bertz CT molecular complexity index is 3010. The van der Waals surface area contributed by atoms with Crippen LogP contribution < -0.4 is 0 Å². The molecule has 0 spiro atoms. The van der Waals surface area contributed by atoms with Gasteiger partial charge in [-0.05, 0) is 73.6 Å². The molecule has 51 heavy (non-hydrogen) atoms. The minimum absolute atomic E-state index is 0.617. The van der Waals surface area contributed by atoms with Crippen molar-refractivity contribution in [3.05, 3.63) is 164 Å². The zero-order valence-corrected chi connectivity index (χ0v) is 27.3. The Balaban J connectivity index is 1.27. The standard InChI is InChI=1S/C47H27N3O/c1-3-13-28(14-4-1)37-26-32(25-31-17-7-8-20-33(31)37)46-48-45(30-15-5-2-6-16-30)49-47(50-46)44-42-36-23-12-19-29-18-11-22-34(41(29)36)38(42)27-40-43(44)35-21-9-10-24-39(35)51-40/h1-27H. The van der Waals surface area contributed by atoms with E-state index in [2.05, 4.69) is 133 Å². The van der Waals surface area contributed by atoms with E-state index in [1.165, 1.54) is 27.3 Å². The van der Waals surface area contributed by atoms with Crippen LogP contribution in [0.25, 0.3) is 111 Å². The Morgan fingerprint density at radius 3 is 1.76 bits per heavy atom. The SMILES string of the molecule is c1ccc(-c2nc(-c3cc(-c4ccccc4)c4ccccc4c3)nc(-c3c4c(cc5oc6ccccc6c35)-c3cccc5cccc-4c35)n2)cc1. The van der Waals surface area contributed by atoms with Crippen molar-refractivity contribution >= 4 is 43.5 Å². The molecule has 0 radical (unpaired) electrons. The molecule has 0 saturated carbocycles. The van der Waals surface area contributed by atoms with E-state index in [1.54, 1.807) is 0 Å². The fraction of sp³-hybridized carbons (Fsp3) is 0. The van der Waals surface area contributed by atoms with Crippen molar-refractivity contribution in [2.75, 3.05) is 0 Å². The van der Waals surface area contributed by atoms with Crippen LogP contribution in [0.1, 0.15) is 0 Å². The second-order valence-corrected chi connectivity index (χ2v) is 13.1. The van der Waals surface area contributed by atoms with Crippen LogP contribution in [0.5, 0.6) is 0 Å². The summed E-state index contributed by atoms with van der Waals surface area (Å²) >= 11 is 0. The van der Waals surface area contributed by atoms with Gasteiger partial charge in [-0.1, -0.05) is 140 Å². The highest BCUT2D eigenvalue weighted by Gasteiger charge is 2.30. The van der Waals surface area contributed by atoms with Gasteiger partial charge in [0.15, 0.2) is 17.5 Å². The van der Waals surface area contributed by atoms with Crippen LogP contribution >= 0.6 is 0 Å². The Morgan fingerprint density at radius 1 is 0.333 bits per heavy atom. The third kappa shape index (κ3) is 4.23. The van der Waals surface area contributed by atoms with Gasteiger partial charge in [-0.2, -0.15) is 0 Å². The zero-order valence-electron chi connectivity index (χ0n) is 27.3. The van der Waals surface area contributed by atoms with Crippen molar-refractivity contribution in [1.82, 2.24) is 15.0 Å². The summed E-state index contributed by atoms with van der Waals surface area (Å²) in [5, 5.41) is 6.81. The van der Waals surface area contributed by atoms with Crippen LogP contribution in [0.3, 0.4) is 0 Å². The Morgan fingerprint density at radius 2 is 0.961 bits per heavy atom. The first-order valence-electron chi connectivity index (χ1n) is 17.2. The van der Waals surface area contributed by atoms with Gasteiger partial charge in [0.05, 0.1) is 0 Å². The molecule has 11 rings (SSSR count). The fourth-order valence-corrected chi connectivity index (χ4v) is 8.01. The molecule has 4 nitrogen and oxygen atoms in total. The highest BCUT2D eigenvalue weighted by atomic mass is 16.3. The molecular weight excluding hydrogens is 623 g/mol. The molecule has 0 amide bonds. The van der Waals surface area contributed by atoms with Gasteiger partial charge in [0.2, 0.25) is 0 Å². The topological polar surface area (TPSA) is 51.8 Å². The molecule has 0 atom stereocenters. The summed E-state index contributed by atoms with van der Waals surface area (Å²) in [5.41, 5.74) is 11.4. The maximum absolute atomic E-state index is 6.61. The number of hydrogen-bond donors (Lipinski definition) is 0. The number of furan rings is 1. The molecule has 0 unspecified atom stereocenters. The van der Waals surface area contributed by atoms with Crippen molar-refractivity contribution < 1.29 is 4.42 Å². The number of hydrogen-bond acceptors (Lipinski definition) is 4. The summed E-state index contributed by atoms with van der Waals surface area (Å²) in [6, 6.07) is 57.2. The van der Waals surface area contributed by atoms with Crippen LogP contribution in [-0.2, 0) is 0 Å². The molecule has 8 aromatic carbocycles. The second-order valence-electron chi connectivity index (χ2n) is 13.1. The lowest BCUT2D eigenvalue weighted by Crippen LogP contribution is -2.02. The van der Waals surface area contributed by atoms with E-state index in [0.29, 0.717) is 17.5 Å². The average Bonchev–Trinajstić information content (AvgIpc) is 3.73. The Kier molecular flexibility index (Phi) is 5.92. The molecule has 0 saturated heterocycles. The third-order valence-corrected chi connectivity index (χ3v) is 10.2. The number of fused-ring (bicyclic) bond motifs is 7. The molecule has 0 bridgehead atoms. The van der Waals surface area contributed by atoms with Crippen LogP contribution in [-0.4, -0.2) is 15.0 Å². The van der Waals surface area contributed by atoms with Crippen LogP contribution in [0.4, 0.5) is 0 Å². The molecule has 2 heterocycles. The molecule has 2 aromatic heterocycles. The van der Waals surface area contributed by atoms with Gasteiger partial charge >= 0.3 is 0 Å². The summed E-state index contributed by atoms with van der Waals surface area (Å²) in [6.07, 6.45) is 0. The average molecular weight is 650 g/mol. The first kappa shape index (κ1) is 28.0. The van der Waals surface area contributed by atoms with Crippen molar-refractivity contribution in [3.8, 4) is 67.5 Å². The minimum Gasteiger partial charge on any atom is -0.456 e. The third-order valence-electron chi connectivity index (χ3n) is 10.2. The van der Waals surface area contributed by atoms with E-state index in [1.807, 2.05) is 30.3 Å². The molecule has 10 aromatic rings. The molecule has 236 valence electrons. The molecule has 0 aliphatic heterocycles. The quantitative estimate of drug-likeness (QED) is 0.190. The maximum atomic E-state index is 6.61. The predicted octanol–water partition coefficient (Wildman–Crippen LogP) is 12.4. The van der Waals surface area contributed by atoms with Crippen molar-refractivity contribution in [2.24, 2.45) is 0 Å². The van der Waals surface area contributed by atoms with Crippen molar-refractivity contribution in [2.45, 2.75) is 0 Å². The van der Waals surface area contributed by atoms with E-state index in [-0.39, 0.29) is 0 Å². The lowest BCUT2D eigenvalue weighted by molar-refractivity contribution is 0.669. The largest absolute Gasteiger partial charge is 0.456 e. The van der Waals surface area contributed by atoms with Gasteiger partial charge in [-0.3, -0.25) is 0 Å². The first-order valence-corrected chi connectivity index (χ1v) is 17.2. The normalized spacial score (nSPS) is 11.9. The Hall–Kier alpha value is -6.91. The first-order chi connectivity index (χ1) is 25.3. The molecule has 4 heteroatoms. The van der Waals surface area contributed by atoms with Crippen molar-refractivity contribution in [1.29, 1.82) is 0 Å². The summed E-state index contributed by atoms with van der Waals surface area (Å²) in [7, 11) is 0. The molecular formula is C47H27N3O. The lowest BCUT2D eigenvalue weighted by Gasteiger charge is -2.15. The van der Waals surface area contributed by atoms with Gasteiger partial charge in [0.25, 0.3) is 0 Å². The molecule has 0 fully saturated rings. The fourth-order valence-electron chi connectivity index (χ4n) is 8.01. The van der Waals surface area contributed by atoms with Crippen molar-refractivity contribution in [3.63, 3.8) is 0 Å². The van der Waals surface area contributed by atoms with E-state index < -0.39 is 0 Å². The molecule has 0 N–H and O–H groups in total. The van der Waals surface area contributed by atoms with E-state index in [0.717, 1.165) is 66.3 Å². The maximum Gasteiger partial charge on any atom is 0.165 e. The predicted molar refractivity (Wildman–Crippen MR) is 208 cm³/mol. The number of para-hydroxylation sites is 1. The van der Waals surface area contributed by atoms with Gasteiger partial charge in [-0.15, -0.1) is 0 Å². The zero-order chi connectivity index (χ0) is 33.5. The molecule has 1 aliphatic carbocycles. The summed E-state index contributed by atoms with van der Waals surface area (Å²) in [5.74, 6) is 1.86. The minimum atomic E-state index is 0.617. The smallest absolute Gasteiger partial charge is 0.165 e. The van der Waals surface area contributed by atoms with E-state index in [9.17, 15) is 0 Å². The lowest BCUT2D eigenvalue weighted by atomic mass is 9.93. The van der Waals surface area contributed by atoms with Gasteiger partial charge in [-0.25, -0.2) is 15.0 Å². The van der Waals surface area contributed by atoms with Gasteiger partial charge in [0, 0.05) is 33.0 Å². The van der Waals surface area contributed by atoms with Crippen LogP contribution in [0.15, 0.2) is 168 Å². The highest BCUT2D eigenvalue weighted by molar-refractivity contribution is 6.25. The second kappa shape index (κ2) is 10.8. The van der Waals surface area contributed by atoms with Crippen LogP contribution in [0.2, 0.25) is 0 Å². The number of benzene rings is 8. The summed E-state index contributed by atoms with van der Waals surface area (Å²) in [4.78, 5) is 15.9. The Labute approximate surface area is 293 Å². The highest BCUT2D eigenvalue weighted by Crippen LogP contribution is 2.54. The van der Waals surface area contributed by atoms with E-state index in [4.69, 9.17) is 19.4 Å². The van der Waals surface area contributed by atoms with Gasteiger partial charge < -0.3 is 4.42 Å². The van der Waals surface area contributed by atoms with Crippen LogP contribution in [0, 0.1) is 0 Å². The molecule has 1 aliphatic rings. The number of rotatable bonds is 4. The number of aromatic nitrogens is 3. The van der Waals surface area contributed by atoms with Gasteiger partial charge in [0.1, 0.15) is 11.2 Å². The van der Waals surface area contributed by atoms with E-state index >= 15 is 0 Å².